The van der Waals surface area contributed by atoms with Crippen molar-refractivity contribution in [3.63, 3.8) is 0 Å². The summed E-state index contributed by atoms with van der Waals surface area (Å²) in [5.41, 5.74) is 8.75. The molecule has 1 aromatic carbocycles. The number of nitrogens with one attached hydrogen (secondary N) is 1. The number of nitrogen functional groups attached to an aromatic ring is 1. The van der Waals surface area contributed by atoms with Crippen LogP contribution in [0.25, 0.3) is 11.1 Å². The van der Waals surface area contributed by atoms with Crippen LogP contribution in [0.3, 0.4) is 0 Å². The molecule has 2 rings (SSSR count). The number of H-pyrrole nitrogens is 1. The highest BCUT2D eigenvalue weighted by Gasteiger charge is 2.22. The number of methoxy groups -OCH3 is 1. The van der Waals surface area contributed by atoms with E-state index in [4.69, 9.17) is 10.5 Å². The van der Waals surface area contributed by atoms with Crippen molar-refractivity contribution in [2.24, 2.45) is 0 Å². The molecule has 2 aromatic rings. The van der Waals surface area contributed by atoms with Crippen LogP contribution >= 0.6 is 0 Å². The third kappa shape index (κ3) is 2.54. The molecule has 4 nitrogen and oxygen atoms in total. The van der Waals surface area contributed by atoms with E-state index in [1.165, 1.54) is 0 Å². The predicted octanol–water partition coefficient (Wildman–Crippen LogP) is 2.93. The molecule has 0 saturated heterocycles. The lowest BCUT2D eigenvalue weighted by molar-refractivity contribution is 0.400. The number of nitrogens with two attached hydrogens (primary N) is 1. The van der Waals surface area contributed by atoms with Gasteiger partial charge in [0.1, 0.15) is 5.75 Å². The Hall–Kier alpha value is -2.23. The third-order valence-corrected chi connectivity index (χ3v) is 3.26. The van der Waals surface area contributed by atoms with Gasteiger partial charge in [-0.1, -0.05) is 20.8 Å². The van der Waals surface area contributed by atoms with E-state index in [9.17, 15) is 4.79 Å². The molecule has 0 aliphatic rings. The number of pyridine rings is 1. The van der Waals surface area contributed by atoms with Gasteiger partial charge >= 0.3 is 0 Å². The van der Waals surface area contributed by atoms with Crippen LogP contribution in [-0.2, 0) is 5.41 Å². The Morgan fingerprint density at radius 2 is 1.95 bits per heavy atom. The van der Waals surface area contributed by atoms with E-state index >= 15 is 0 Å². The lowest BCUT2D eigenvalue weighted by Crippen LogP contribution is -2.15. The highest BCUT2D eigenvalue weighted by molar-refractivity contribution is 5.73. The summed E-state index contributed by atoms with van der Waals surface area (Å²) in [5, 5.41) is 0. The molecule has 0 atom stereocenters. The Morgan fingerprint density at radius 1 is 1.25 bits per heavy atom. The molecule has 20 heavy (non-hydrogen) atoms. The van der Waals surface area contributed by atoms with Gasteiger partial charge in [0, 0.05) is 17.3 Å². The molecule has 106 valence electrons. The van der Waals surface area contributed by atoms with Crippen molar-refractivity contribution in [3.05, 3.63) is 46.4 Å². The fraction of sp³-hybridized carbons (Fsp3) is 0.312. The van der Waals surface area contributed by atoms with Crippen molar-refractivity contribution in [2.75, 3.05) is 12.8 Å². The monoisotopic (exact) mass is 272 g/mol. The SMILES string of the molecule is COc1c(N)cc(-c2ccc[nH]c2=O)cc1C(C)(C)C. The number of aromatic amines is 1. The van der Waals surface area contributed by atoms with Crippen LogP contribution in [0.5, 0.6) is 5.75 Å². The third-order valence-electron chi connectivity index (χ3n) is 3.26. The van der Waals surface area contributed by atoms with Crippen LogP contribution in [0, 0.1) is 0 Å². The summed E-state index contributed by atoms with van der Waals surface area (Å²) in [6.45, 7) is 6.26. The maximum atomic E-state index is 11.9. The van der Waals surface area contributed by atoms with Crippen LogP contribution < -0.4 is 16.0 Å². The second-order valence-electron chi connectivity index (χ2n) is 5.81. The minimum atomic E-state index is -0.128. The van der Waals surface area contributed by atoms with E-state index in [1.54, 1.807) is 31.5 Å². The van der Waals surface area contributed by atoms with E-state index in [-0.39, 0.29) is 11.0 Å². The first-order valence-corrected chi connectivity index (χ1v) is 6.50. The van der Waals surface area contributed by atoms with Crippen LogP contribution in [0.1, 0.15) is 26.3 Å². The van der Waals surface area contributed by atoms with Crippen LogP contribution in [0.2, 0.25) is 0 Å². The highest BCUT2D eigenvalue weighted by atomic mass is 16.5. The fourth-order valence-electron chi connectivity index (χ4n) is 2.24. The highest BCUT2D eigenvalue weighted by Crippen LogP contribution is 2.38. The van der Waals surface area contributed by atoms with Crippen molar-refractivity contribution >= 4 is 5.69 Å². The summed E-state index contributed by atoms with van der Waals surface area (Å²) in [7, 11) is 1.61. The molecule has 0 aliphatic heterocycles. The summed E-state index contributed by atoms with van der Waals surface area (Å²) in [6.07, 6.45) is 1.61. The number of aromatic nitrogens is 1. The van der Waals surface area contributed by atoms with Gasteiger partial charge in [-0.2, -0.15) is 0 Å². The number of hydrogen-bond donors (Lipinski definition) is 2. The maximum Gasteiger partial charge on any atom is 0.255 e. The second kappa shape index (κ2) is 5.04. The number of anilines is 1. The zero-order chi connectivity index (χ0) is 14.9. The normalized spacial score (nSPS) is 11.4. The van der Waals surface area contributed by atoms with Crippen molar-refractivity contribution in [3.8, 4) is 16.9 Å². The molecule has 3 N–H and O–H groups in total. The first-order chi connectivity index (χ1) is 9.34. The molecule has 0 unspecified atom stereocenters. The van der Waals surface area contributed by atoms with E-state index in [0.717, 1.165) is 11.1 Å². The fourth-order valence-corrected chi connectivity index (χ4v) is 2.24. The first-order valence-electron chi connectivity index (χ1n) is 6.50. The molecular weight excluding hydrogens is 252 g/mol. The van der Waals surface area contributed by atoms with Gasteiger partial charge in [-0.15, -0.1) is 0 Å². The zero-order valence-corrected chi connectivity index (χ0v) is 12.3. The Bertz CT molecular complexity index is 682. The van der Waals surface area contributed by atoms with Gasteiger partial charge in [0.05, 0.1) is 12.8 Å². The molecule has 0 aliphatic carbocycles. The summed E-state index contributed by atoms with van der Waals surface area (Å²) < 4.78 is 5.41. The largest absolute Gasteiger partial charge is 0.494 e. The molecule has 0 fully saturated rings. The van der Waals surface area contributed by atoms with Crippen LogP contribution in [0.15, 0.2) is 35.3 Å². The quantitative estimate of drug-likeness (QED) is 0.826. The molecule has 4 heteroatoms. The second-order valence-corrected chi connectivity index (χ2v) is 5.81. The Kier molecular flexibility index (Phi) is 3.57. The molecule has 1 heterocycles. The topological polar surface area (TPSA) is 68.1 Å². The maximum absolute atomic E-state index is 11.9. The lowest BCUT2D eigenvalue weighted by Gasteiger charge is -2.24. The van der Waals surface area contributed by atoms with E-state index in [2.05, 4.69) is 25.8 Å². The van der Waals surface area contributed by atoms with Gasteiger partial charge in [-0.25, -0.2) is 0 Å². The van der Waals surface area contributed by atoms with E-state index < -0.39 is 0 Å². The van der Waals surface area contributed by atoms with Gasteiger partial charge in [0.25, 0.3) is 5.56 Å². The summed E-state index contributed by atoms with van der Waals surface area (Å²) in [6, 6.07) is 7.33. The van der Waals surface area contributed by atoms with Gasteiger partial charge < -0.3 is 15.5 Å². The van der Waals surface area contributed by atoms with E-state index in [0.29, 0.717) is 17.0 Å². The summed E-state index contributed by atoms with van der Waals surface area (Å²) in [5.74, 6) is 0.675. The Labute approximate surface area is 118 Å². The Balaban J connectivity index is 2.73. The van der Waals surface area contributed by atoms with E-state index in [1.807, 2.05) is 6.07 Å². The Morgan fingerprint density at radius 3 is 2.50 bits per heavy atom. The molecule has 0 saturated carbocycles. The average Bonchev–Trinajstić information content (AvgIpc) is 2.37. The molecular formula is C16H20N2O2. The molecule has 1 aromatic heterocycles. The average molecular weight is 272 g/mol. The minimum absolute atomic E-state index is 0.128. The van der Waals surface area contributed by atoms with Gasteiger partial charge in [0.2, 0.25) is 0 Å². The zero-order valence-electron chi connectivity index (χ0n) is 12.3. The number of ether oxygens (including phenoxy) is 1. The van der Waals surface area contributed by atoms with Crippen molar-refractivity contribution in [1.82, 2.24) is 4.98 Å². The summed E-state index contributed by atoms with van der Waals surface area (Å²) in [4.78, 5) is 14.6. The van der Waals surface area contributed by atoms with Gasteiger partial charge in [-0.05, 0) is 35.2 Å². The molecule has 0 amide bonds. The van der Waals surface area contributed by atoms with Crippen LogP contribution in [0.4, 0.5) is 5.69 Å². The number of rotatable bonds is 2. The first kappa shape index (κ1) is 14.2. The lowest BCUT2D eigenvalue weighted by atomic mass is 9.84. The van der Waals surface area contributed by atoms with Crippen molar-refractivity contribution in [2.45, 2.75) is 26.2 Å². The molecule has 0 bridgehead atoms. The van der Waals surface area contributed by atoms with Gasteiger partial charge in [0.15, 0.2) is 0 Å². The summed E-state index contributed by atoms with van der Waals surface area (Å²) >= 11 is 0. The number of benzene rings is 1. The minimum Gasteiger partial charge on any atom is -0.494 e. The van der Waals surface area contributed by atoms with Crippen molar-refractivity contribution in [1.29, 1.82) is 0 Å². The smallest absolute Gasteiger partial charge is 0.255 e. The molecule has 0 radical (unpaired) electrons. The van der Waals surface area contributed by atoms with Crippen LogP contribution in [-0.4, -0.2) is 12.1 Å². The number of hydrogen-bond acceptors (Lipinski definition) is 3. The predicted molar refractivity (Wildman–Crippen MR) is 82.2 cm³/mol. The molecule has 0 spiro atoms. The standard InChI is InChI=1S/C16H20N2O2/c1-16(2,3)12-8-10(9-13(17)14(12)20-4)11-6-5-7-18-15(11)19/h5-9H,17H2,1-4H3,(H,18,19). The van der Waals surface area contributed by atoms with Crippen molar-refractivity contribution < 1.29 is 4.74 Å². The van der Waals surface area contributed by atoms with Gasteiger partial charge in [-0.3, -0.25) is 4.79 Å².